The lowest BCUT2D eigenvalue weighted by Gasteiger charge is -2.13. The van der Waals surface area contributed by atoms with Crippen molar-refractivity contribution in [3.63, 3.8) is 0 Å². The Morgan fingerprint density at radius 1 is 1.45 bits per heavy atom. The lowest BCUT2D eigenvalue weighted by molar-refractivity contribution is 0.100. The number of nitrogens with zero attached hydrogens (tertiary/aromatic N) is 3. The standard InChI is InChI=1S/C14H19N5O/c1-3-6-16-10(2)11-4-5-13(17-7-11)19-9-12(8-18-19)14(15)20/h4-5,7-10,16H,3,6H2,1-2H3,(H2,15,20). The summed E-state index contributed by atoms with van der Waals surface area (Å²) in [7, 11) is 0. The van der Waals surface area contributed by atoms with Gasteiger partial charge in [-0.1, -0.05) is 13.0 Å². The first-order chi connectivity index (χ1) is 9.61. The number of nitrogens with one attached hydrogen (secondary N) is 1. The highest BCUT2D eigenvalue weighted by Crippen LogP contribution is 2.13. The number of pyridine rings is 1. The molecule has 2 heterocycles. The number of aromatic nitrogens is 3. The Labute approximate surface area is 118 Å². The van der Waals surface area contributed by atoms with Crippen molar-refractivity contribution < 1.29 is 4.79 Å². The van der Waals surface area contributed by atoms with E-state index in [9.17, 15) is 4.79 Å². The van der Waals surface area contributed by atoms with E-state index in [0.29, 0.717) is 11.4 Å². The van der Waals surface area contributed by atoms with Crippen molar-refractivity contribution in [1.29, 1.82) is 0 Å². The molecule has 2 aromatic rings. The third-order valence-electron chi connectivity index (χ3n) is 3.07. The molecule has 0 saturated heterocycles. The zero-order valence-corrected chi connectivity index (χ0v) is 11.7. The quantitative estimate of drug-likeness (QED) is 0.833. The third kappa shape index (κ3) is 3.21. The number of amides is 1. The molecule has 0 fully saturated rings. The molecule has 0 aliphatic heterocycles. The van der Waals surface area contributed by atoms with Gasteiger partial charge in [0, 0.05) is 18.4 Å². The Bertz CT molecular complexity index is 576. The van der Waals surface area contributed by atoms with Crippen LogP contribution in [0.25, 0.3) is 5.82 Å². The maximum Gasteiger partial charge on any atom is 0.251 e. The van der Waals surface area contributed by atoms with E-state index in [2.05, 4.69) is 29.2 Å². The summed E-state index contributed by atoms with van der Waals surface area (Å²) in [5.41, 5.74) is 6.68. The van der Waals surface area contributed by atoms with Crippen LogP contribution in [-0.2, 0) is 0 Å². The van der Waals surface area contributed by atoms with Gasteiger partial charge in [0.15, 0.2) is 5.82 Å². The molecule has 2 aromatic heterocycles. The summed E-state index contributed by atoms with van der Waals surface area (Å²) in [6, 6.07) is 4.13. The summed E-state index contributed by atoms with van der Waals surface area (Å²) in [5, 5.41) is 7.47. The molecule has 3 N–H and O–H groups in total. The van der Waals surface area contributed by atoms with Crippen LogP contribution < -0.4 is 11.1 Å². The smallest absolute Gasteiger partial charge is 0.251 e. The molecule has 0 aromatic carbocycles. The van der Waals surface area contributed by atoms with Gasteiger partial charge < -0.3 is 11.1 Å². The fraction of sp³-hybridized carbons (Fsp3) is 0.357. The van der Waals surface area contributed by atoms with E-state index in [1.165, 1.54) is 10.9 Å². The lowest BCUT2D eigenvalue weighted by atomic mass is 10.1. The van der Waals surface area contributed by atoms with Gasteiger partial charge in [0.2, 0.25) is 0 Å². The summed E-state index contributed by atoms with van der Waals surface area (Å²) in [6.45, 7) is 5.21. The van der Waals surface area contributed by atoms with Gasteiger partial charge in [-0.25, -0.2) is 9.67 Å². The van der Waals surface area contributed by atoms with E-state index in [-0.39, 0.29) is 6.04 Å². The topological polar surface area (TPSA) is 85.8 Å². The number of carbonyl (C=O) groups is 1. The van der Waals surface area contributed by atoms with Crippen molar-refractivity contribution in [3.05, 3.63) is 41.9 Å². The van der Waals surface area contributed by atoms with Crippen LogP contribution in [0.2, 0.25) is 0 Å². The Balaban J connectivity index is 2.12. The second kappa shape index (κ2) is 6.29. The lowest BCUT2D eigenvalue weighted by Crippen LogP contribution is -2.19. The van der Waals surface area contributed by atoms with E-state index in [4.69, 9.17) is 5.73 Å². The van der Waals surface area contributed by atoms with Gasteiger partial charge in [0.1, 0.15) is 0 Å². The molecule has 0 spiro atoms. The summed E-state index contributed by atoms with van der Waals surface area (Å²) in [6.07, 6.45) is 5.92. The van der Waals surface area contributed by atoms with Gasteiger partial charge in [-0.2, -0.15) is 5.10 Å². The molecule has 1 unspecified atom stereocenters. The highest BCUT2D eigenvalue weighted by Gasteiger charge is 2.08. The van der Waals surface area contributed by atoms with E-state index in [1.54, 1.807) is 6.20 Å². The monoisotopic (exact) mass is 273 g/mol. The van der Waals surface area contributed by atoms with Crippen molar-refractivity contribution in [2.75, 3.05) is 6.54 Å². The van der Waals surface area contributed by atoms with Gasteiger partial charge in [-0.3, -0.25) is 4.79 Å². The number of primary amides is 1. The minimum absolute atomic E-state index is 0.260. The normalized spacial score (nSPS) is 12.3. The van der Waals surface area contributed by atoms with Crippen molar-refractivity contribution in [2.24, 2.45) is 5.73 Å². The number of carbonyl (C=O) groups excluding carboxylic acids is 1. The number of hydrogen-bond acceptors (Lipinski definition) is 4. The molecule has 20 heavy (non-hydrogen) atoms. The average Bonchev–Trinajstić information content (AvgIpc) is 2.95. The molecule has 6 nitrogen and oxygen atoms in total. The predicted octanol–water partition coefficient (Wildman–Crippen LogP) is 1.43. The van der Waals surface area contributed by atoms with Gasteiger partial charge in [-0.15, -0.1) is 0 Å². The Morgan fingerprint density at radius 3 is 2.80 bits per heavy atom. The average molecular weight is 273 g/mol. The largest absolute Gasteiger partial charge is 0.366 e. The maximum atomic E-state index is 11.0. The highest BCUT2D eigenvalue weighted by atomic mass is 16.1. The molecule has 0 bridgehead atoms. The van der Waals surface area contributed by atoms with Crippen molar-refractivity contribution in [1.82, 2.24) is 20.1 Å². The number of rotatable bonds is 6. The fourth-order valence-electron chi connectivity index (χ4n) is 1.84. The summed E-state index contributed by atoms with van der Waals surface area (Å²) in [4.78, 5) is 15.4. The molecule has 6 heteroatoms. The minimum Gasteiger partial charge on any atom is -0.366 e. The van der Waals surface area contributed by atoms with E-state index >= 15 is 0 Å². The zero-order chi connectivity index (χ0) is 14.5. The summed E-state index contributed by atoms with van der Waals surface area (Å²) >= 11 is 0. The highest BCUT2D eigenvalue weighted by molar-refractivity contribution is 5.92. The maximum absolute atomic E-state index is 11.0. The first kappa shape index (κ1) is 14.2. The van der Waals surface area contributed by atoms with Gasteiger partial charge >= 0.3 is 0 Å². The van der Waals surface area contributed by atoms with Crippen LogP contribution in [0, 0.1) is 0 Å². The molecule has 106 valence electrons. The van der Waals surface area contributed by atoms with Gasteiger partial charge in [0.05, 0.1) is 11.8 Å². The SMILES string of the molecule is CCCNC(C)c1ccc(-n2cc(C(N)=O)cn2)nc1. The van der Waals surface area contributed by atoms with Crippen molar-refractivity contribution in [3.8, 4) is 5.82 Å². The zero-order valence-electron chi connectivity index (χ0n) is 11.7. The predicted molar refractivity (Wildman–Crippen MR) is 76.6 cm³/mol. The number of nitrogens with two attached hydrogens (primary N) is 1. The van der Waals surface area contributed by atoms with Crippen molar-refractivity contribution >= 4 is 5.91 Å². The van der Waals surface area contributed by atoms with Crippen molar-refractivity contribution in [2.45, 2.75) is 26.3 Å². The third-order valence-corrected chi connectivity index (χ3v) is 3.07. The molecule has 2 rings (SSSR count). The second-order valence-corrected chi connectivity index (χ2v) is 4.66. The van der Waals surface area contributed by atoms with Crippen LogP contribution in [0.3, 0.4) is 0 Å². The fourth-order valence-corrected chi connectivity index (χ4v) is 1.84. The molecule has 1 amide bonds. The Morgan fingerprint density at radius 2 is 2.25 bits per heavy atom. The second-order valence-electron chi connectivity index (χ2n) is 4.66. The van der Waals surface area contributed by atoms with Gasteiger partial charge in [-0.05, 0) is 31.5 Å². The molecule has 0 aliphatic rings. The Kier molecular flexibility index (Phi) is 4.47. The molecule has 0 aliphatic carbocycles. The van der Waals surface area contributed by atoms with Crippen LogP contribution in [0.5, 0.6) is 0 Å². The molecular weight excluding hydrogens is 254 g/mol. The first-order valence-corrected chi connectivity index (χ1v) is 6.66. The van der Waals surface area contributed by atoms with Gasteiger partial charge in [0.25, 0.3) is 5.91 Å². The summed E-state index contributed by atoms with van der Waals surface area (Å²) < 4.78 is 1.54. The minimum atomic E-state index is -0.495. The molecule has 1 atom stereocenters. The van der Waals surface area contributed by atoms with E-state index in [0.717, 1.165) is 18.5 Å². The van der Waals surface area contributed by atoms with Crippen LogP contribution >= 0.6 is 0 Å². The van der Waals surface area contributed by atoms with Crippen LogP contribution in [0.15, 0.2) is 30.7 Å². The van der Waals surface area contributed by atoms with Crippen LogP contribution in [0.1, 0.15) is 42.2 Å². The molecular formula is C14H19N5O. The summed E-state index contributed by atoms with van der Waals surface area (Å²) in [5.74, 6) is 0.161. The molecule has 0 radical (unpaired) electrons. The first-order valence-electron chi connectivity index (χ1n) is 6.66. The van der Waals surface area contributed by atoms with Crippen LogP contribution in [0.4, 0.5) is 0 Å². The van der Waals surface area contributed by atoms with E-state index in [1.807, 2.05) is 18.3 Å². The van der Waals surface area contributed by atoms with Crippen LogP contribution in [-0.4, -0.2) is 27.2 Å². The Hall–Kier alpha value is -2.21. The number of hydrogen-bond donors (Lipinski definition) is 2. The molecule has 0 saturated carbocycles. The van der Waals surface area contributed by atoms with E-state index < -0.39 is 5.91 Å².